The van der Waals surface area contributed by atoms with Gasteiger partial charge in [0.1, 0.15) is 11.6 Å². The fourth-order valence-corrected chi connectivity index (χ4v) is 3.46. The van der Waals surface area contributed by atoms with Gasteiger partial charge in [-0.2, -0.15) is 5.10 Å². The lowest BCUT2D eigenvalue weighted by Crippen LogP contribution is -2.28. The summed E-state index contributed by atoms with van der Waals surface area (Å²) >= 11 is 6.09. The largest absolute Gasteiger partial charge is 0.496 e. The third-order valence-electron chi connectivity index (χ3n) is 4.92. The molecular weight excluding hydrogens is 393 g/mol. The maximum Gasteiger partial charge on any atom is 0.227 e. The van der Waals surface area contributed by atoms with Crippen molar-refractivity contribution in [3.8, 4) is 11.4 Å². The van der Waals surface area contributed by atoms with Crippen LogP contribution in [0.15, 0.2) is 42.5 Å². The van der Waals surface area contributed by atoms with Crippen LogP contribution in [-0.4, -0.2) is 34.7 Å². The average molecular weight is 416 g/mol. The van der Waals surface area contributed by atoms with Crippen LogP contribution in [-0.2, 0) is 17.8 Å². The van der Waals surface area contributed by atoms with Crippen LogP contribution in [0, 0.1) is 19.7 Å². The number of hydrogen-bond donors (Lipinski definition) is 0. The van der Waals surface area contributed by atoms with Crippen LogP contribution in [0.1, 0.15) is 22.5 Å². The third kappa shape index (κ3) is 4.59. The van der Waals surface area contributed by atoms with Gasteiger partial charge >= 0.3 is 0 Å². The van der Waals surface area contributed by atoms with Crippen LogP contribution in [0.4, 0.5) is 4.39 Å². The van der Waals surface area contributed by atoms with Gasteiger partial charge in [-0.1, -0.05) is 11.6 Å². The minimum absolute atomic E-state index is 0.0446. The molecule has 1 heterocycles. The molecule has 0 saturated heterocycles. The molecule has 0 N–H and O–H groups in total. The molecular formula is C22H23ClFN3O2. The summed E-state index contributed by atoms with van der Waals surface area (Å²) in [6.07, 6.45) is 0.220. The van der Waals surface area contributed by atoms with Crippen LogP contribution >= 0.6 is 11.6 Å². The van der Waals surface area contributed by atoms with Gasteiger partial charge in [-0.3, -0.25) is 4.79 Å². The first-order valence-corrected chi connectivity index (χ1v) is 9.55. The van der Waals surface area contributed by atoms with Crippen molar-refractivity contribution in [2.24, 2.45) is 0 Å². The zero-order valence-corrected chi connectivity index (χ0v) is 17.6. The highest BCUT2D eigenvalue weighted by Gasteiger charge is 2.19. The number of aryl methyl sites for hydroxylation is 1. The lowest BCUT2D eigenvalue weighted by molar-refractivity contribution is -0.129. The molecule has 0 spiro atoms. The standard InChI is InChI=1S/C22H23ClFN3O2/c1-14-20(15(2)27(25-14)19-8-6-18(24)7-9-19)12-22(28)26(3)13-16-11-17(23)5-10-21(16)29-4/h5-11H,12-13H2,1-4H3. The molecule has 0 unspecified atom stereocenters. The Hall–Kier alpha value is -2.86. The van der Waals surface area contributed by atoms with Crippen molar-refractivity contribution < 1.29 is 13.9 Å². The second-order valence-corrected chi connectivity index (χ2v) is 7.36. The van der Waals surface area contributed by atoms with Crippen molar-refractivity contribution >= 4 is 17.5 Å². The first kappa shape index (κ1) is 20.9. The SMILES string of the molecule is COc1ccc(Cl)cc1CN(C)C(=O)Cc1c(C)nn(-c2ccc(F)cc2)c1C. The summed E-state index contributed by atoms with van der Waals surface area (Å²) in [5.74, 6) is 0.339. The summed E-state index contributed by atoms with van der Waals surface area (Å²) in [5.41, 5.74) is 4.09. The Morgan fingerprint density at radius 2 is 1.90 bits per heavy atom. The number of halogens is 2. The van der Waals surface area contributed by atoms with Crippen LogP contribution in [0.2, 0.25) is 5.02 Å². The highest BCUT2D eigenvalue weighted by atomic mass is 35.5. The van der Waals surface area contributed by atoms with E-state index < -0.39 is 0 Å². The number of amides is 1. The number of benzene rings is 2. The lowest BCUT2D eigenvalue weighted by atomic mass is 10.1. The molecule has 0 aliphatic heterocycles. The first-order chi connectivity index (χ1) is 13.8. The number of nitrogens with zero attached hydrogens (tertiary/aromatic N) is 3. The first-order valence-electron chi connectivity index (χ1n) is 9.17. The zero-order chi connectivity index (χ0) is 21.1. The van der Waals surface area contributed by atoms with E-state index in [0.29, 0.717) is 17.3 Å². The maximum atomic E-state index is 13.2. The molecule has 0 aliphatic rings. The Morgan fingerprint density at radius 1 is 1.21 bits per heavy atom. The quantitative estimate of drug-likeness (QED) is 0.596. The Labute approximate surface area is 174 Å². The maximum absolute atomic E-state index is 13.2. The number of hydrogen-bond acceptors (Lipinski definition) is 3. The normalized spacial score (nSPS) is 10.8. The summed E-state index contributed by atoms with van der Waals surface area (Å²) in [7, 11) is 3.34. The summed E-state index contributed by atoms with van der Waals surface area (Å²) < 4.78 is 20.3. The van der Waals surface area contributed by atoms with Gasteiger partial charge in [-0.05, 0) is 56.3 Å². The van der Waals surface area contributed by atoms with Gasteiger partial charge in [0.05, 0.1) is 24.9 Å². The highest BCUT2D eigenvalue weighted by molar-refractivity contribution is 6.30. The van der Waals surface area contributed by atoms with Crippen molar-refractivity contribution in [2.45, 2.75) is 26.8 Å². The van der Waals surface area contributed by atoms with Gasteiger partial charge in [0, 0.05) is 35.4 Å². The van der Waals surface area contributed by atoms with E-state index in [1.165, 1.54) is 12.1 Å². The summed E-state index contributed by atoms with van der Waals surface area (Å²) in [4.78, 5) is 14.5. The Balaban J connectivity index is 1.78. The fourth-order valence-electron chi connectivity index (χ4n) is 3.27. The molecule has 3 rings (SSSR count). The predicted octanol–water partition coefficient (Wildman–Crippen LogP) is 4.49. The zero-order valence-electron chi connectivity index (χ0n) is 16.9. The Morgan fingerprint density at radius 3 is 2.55 bits per heavy atom. The fraction of sp³-hybridized carbons (Fsp3) is 0.273. The van der Waals surface area contributed by atoms with Crippen molar-refractivity contribution in [1.29, 1.82) is 0 Å². The van der Waals surface area contributed by atoms with Crippen LogP contribution in [0.5, 0.6) is 5.75 Å². The molecule has 2 aromatic carbocycles. The third-order valence-corrected chi connectivity index (χ3v) is 5.15. The Kier molecular flexibility index (Phi) is 6.23. The van der Waals surface area contributed by atoms with E-state index in [9.17, 15) is 9.18 Å². The minimum Gasteiger partial charge on any atom is -0.496 e. The van der Waals surface area contributed by atoms with E-state index in [4.69, 9.17) is 16.3 Å². The average Bonchev–Trinajstić information content (AvgIpc) is 2.97. The van der Waals surface area contributed by atoms with Gasteiger partial charge in [0.2, 0.25) is 5.91 Å². The Bertz CT molecular complexity index is 1030. The number of carbonyl (C=O) groups is 1. The number of likely N-dealkylation sites (N-methyl/N-ethyl adjacent to an activating group) is 1. The van der Waals surface area contributed by atoms with Gasteiger partial charge in [0.15, 0.2) is 0 Å². The molecule has 3 aromatic rings. The molecule has 0 saturated carbocycles. The van der Waals surface area contributed by atoms with Crippen molar-refractivity contribution in [3.63, 3.8) is 0 Å². The van der Waals surface area contributed by atoms with Gasteiger partial charge in [-0.25, -0.2) is 9.07 Å². The summed E-state index contributed by atoms with van der Waals surface area (Å²) in [6.45, 7) is 4.16. The summed E-state index contributed by atoms with van der Waals surface area (Å²) in [6, 6.07) is 11.5. The van der Waals surface area contributed by atoms with Crippen LogP contribution in [0.25, 0.3) is 5.69 Å². The molecule has 0 atom stereocenters. The second kappa shape index (κ2) is 8.66. The monoisotopic (exact) mass is 415 g/mol. The van der Waals surface area contributed by atoms with Crippen molar-refractivity contribution in [2.75, 3.05) is 14.2 Å². The predicted molar refractivity (Wildman–Crippen MR) is 111 cm³/mol. The molecule has 5 nitrogen and oxygen atoms in total. The van der Waals surface area contributed by atoms with Gasteiger partial charge in [0.25, 0.3) is 0 Å². The number of aromatic nitrogens is 2. The lowest BCUT2D eigenvalue weighted by Gasteiger charge is -2.19. The number of ether oxygens (including phenoxy) is 1. The molecule has 29 heavy (non-hydrogen) atoms. The van der Waals surface area contributed by atoms with Crippen LogP contribution in [0.3, 0.4) is 0 Å². The topological polar surface area (TPSA) is 47.4 Å². The van der Waals surface area contributed by atoms with Crippen molar-refractivity contribution in [3.05, 3.63) is 75.8 Å². The molecule has 0 fully saturated rings. The van der Waals surface area contributed by atoms with Gasteiger partial charge < -0.3 is 9.64 Å². The van der Waals surface area contributed by atoms with E-state index >= 15 is 0 Å². The van der Waals surface area contributed by atoms with Crippen LogP contribution < -0.4 is 4.74 Å². The number of rotatable bonds is 6. The molecule has 152 valence electrons. The van der Waals surface area contributed by atoms with E-state index in [1.807, 2.05) is 13.8 Å². The second-order valence-electron chi connectivity index (χ2n) is 6.92. The van der Waals surface area contributed by atoms with E-state index in [-0.39, 0.29) is 18.1 Å². The van der Waals surface area contributed by atoms with E-state index in [2.05, 4.69) is 5.10 Å². The number of carbonyl (C=O) groups excluding carboxylic acids is 1. The molecule has 0 radical (unpaired) electrons. The summed E-state index contributed by atoms with van der Waals surface area (Å²) in [5, 5.41) is 5.12. The van der Waals surface area contributed by atoms with Crippen molar-refractivity contribution in [1.82, 2.24) is 14.7 Å². The smallest absolute Gasteiger partial charge is 0.227 e. The molecule has 7 heteroatoms. The highest BCUT2D eigenvalue weighted by Crippen LogP contribution is 2.24. The van der Waals surface area contributed by atoms with Gasteiger partial charge in [-0.15, -0.1) is 0 Å². The molecule has 1 amide bonds. The number of methoxy groups -OCH3 is 1. The minimum atomic E-state index is -0.302. The molecule has 1 aromatic heterocycles. The molecule has 0 aliphatic carbocycles. The van der Waals surface area contributed by atoms with E-state index in [0.717, 1.165) is 28.2 Å². The molecule has 0 bridgehead atoms. The van der Waals surface area contributed by atoms with E-state index in [1.54, 1.807) is 54.1 Å².